The van der Waals surface area contributed by atoms with E-state index in [0.29, 0.717) is 102 Å². The number of aryl methyl sites for hydroxylation is 1. The number of likely N-dealkylation sites (N-methyl/N-ethyl adjacent to an activating group) is 1. The van der Waals surface area contributed by atoms with Crippen LogP contribution in [0.25, 0.3) is 43.4 Å². The summed E-state index contributed by atoms with van der Waals surface area (Å²) in [5.41, 5.74) is 10.2. The van der Waals surface area contributed by atoms with Crippen LogP contribution < -0.4 is 32.3 Å². The zero-order chi connectivity index (χ0) is 71.3. The van der Waals surface area contributed by atoms with Crippen LogP contribution in [0.5, 0.6) is 0 Å². The fourth-order valence-corrected chi connectivity index (χ4v) is 18.0. The molecular formula is C74H89N13O11S2. The number of hydrogen-bond donors (Lipinski definition) is 7. The smallest absolute Gasteiger partial charge is 0.355 e. The number of carbonyl (C=O) groups is 9. The number of fused-ring (bicyclic) bond motifs is 2. The maximum atomic E-state index is 13.9. The summed E-state index contributed by atoms with van der Waals surface area (Å²) in [6, 6.07) is 21.2. The van der Waals surface area contributed by atoms with E-state index in [1.54, 1.807) is 68.7 Å². The highest BCUT2D eigenvalue weighted by Gasteiger charge is 2.66. The van der Waals surface area contributed by atoms with Gasteiger partial charge in [0.1, 0.15) is 12.1 Å². The van der Waals surface area contributed by atoms with E-state index in [1.165, 1.54) is 34.2 Å². The molecule has 5 fully saturated rings. The highest BCUT2D eigenvalue weighted by atomic mass is 32.2. The summed E-state index contributed by atoms with van der Waals surface area (Å²) in [4.78, 5) is 134. The van der Waals surface area contributed by atoms with Crippen LogP contribution in [0.1, 0.15) is 150 Å². The summed E-state index contributed by atoms with van der Waals surface area (Å²) in [6.07, 6.45) is 15.6. The number of amides is 9. The lowest BCUT2D eigenvalue weighted by Gasteiger charge is -2.69. The van der Waals surface area contributed by atoms with Crippen LogP contribution in [0.4, 0.5) is 15.6 Å². The Kier molecular flexibility index (Phi) is 21.9. The third kappa shape index (κ3) is 16.7. The molecule has 5 aliphatic rings. The Morgan fingerprint density at radius 1 is 0.830 bits per heavy atom. The van der Waals surface area contributed by atoms with E-state index in [0.717, 1.165) is 65.4 Å². The van der Waals surface area contributed by atoms with Gasteiger partial charge >= 0.3 is 12.0 Å². The number of carboxylic acids is 1. The number of para-hydroxylation sites is 1. The molecule has 7 aromatic rings. The first kappa shape index (κ1) is 72.1. The van der Waals surface area contributed by atoms with Gasteiger partial charge in [-0.3, -0.25) is 53.4 Å². The molecule has 1 saturated heterocycles. The van der Waals surface area contributed by atoms with E-state index in [1.807, 2.05) is 66.2 Å². The van der Waals surface area contributed by atoms with Crippen LogP contribution in [-0.4, -0.2) is 155 Å². The van der Waals surface area contributed by atoms with Gasteiger partial charge in [-0.05, 0) is 159 Å². The lowest BCUT2D eigenvalue weighted by atomic mass is 9.39. The fourth-order valence-electron chi connectivity index (χ4n) is 16.5. The number of thioether (sulfide) groups is 1. The molecule has 528 valence electrons. The number of carboxylic acid groups (broad SMARTS) is 1. The number of primary amides is 1. The van der Waals surface area contributed by atoms with Crippen molar-refractivity contribution >= 4 is 108 Å². The van der Waals surface area contributed by atoms with Crippen molar-refractivity contribution in [1.29, 1.82) is 0 Å². The van der Waals surface area contributed by atoms with Gasteiger partial charge in [0, 0.05) is 98.3 Å². The molecule has 1 aliphatic heterocycles. The molecule has 5 heterocycles. The highest BCUT2D eigenvalue weighted by Crippen LogP contribution is 2.72. The number of likely N-dealkylation sites (tertiary alicyclic amines) is 1. The Bertz CT molecular complexity index is 4240. The van der Waals surface area contributed by atoms with Crippen molar-refractivity contribution in [2.24, 2.45) is 27.9 Å². The third-order valence-corrected chi connectivity index (χ3v) is 22.1. The number of unbranched alkanes of at least 4 members (excludes halogenated alkanes) is 2. The average molecular weight is 1400 g/mol. The number of ether oxygens (including phenoxy) is 1. The number of urea groups is 1. The standard InChI is InChI=1S/C74H89N13O11S2/c1-44(2)62(83-59(88)17-9-8-12-29-86-61(90)33-58(99-7)67(86)94)66(93)81-56(15-13-28-77-69(75)97)65(92)79-49-23-18-46(19-24-49)20-27-60(89)85(6)30-31-98-74-40-71(4)37-72(5,41-74)39-73(38-71,42-74)43-87-45(3)52(36-78-87)50-25-26-54(80-63(50)68(95)96)47-21-22-48-34-76-35-53(51(48)32-47)64(91)84-70-82-55-14-10-11-16-57(55)100-70/h10-11,14,16,18-19,21-26,32,34-36,44,56,58,62H,8-9,12-13,15,17,20,27-31,33,37-43H2,1-7H3,(H,79,92)(H,81,93)(H,83,88)(H,95,96)(H3,75,77,97)(H,82,84,91)/t56-,58?,62-,71?,72?,73?,74?/m0/s1. The Morgan fingerprint density at radius 3 is 2.30 bits per heavy atom. The zero-order valence-corrected chi connectivity index (χ0v) is 59.4. The van der Waals surface area contributed by atoms with Gasteiger partial charge in [-0.1, -0.05) is 81.9 Å². The minimum atomic E-state index is -1.18. The van der Waals surface area contributed by atoms with Gasteiger partial charge in [0.15, 0.2) is 10.8 Å². The predicted octanol–water partition coefficient (Wildman–Crippen LogP) is 10.3. The number of hydrogen-bond acceptors (Lipinski definition) is 16. The van der Waals surface area contributed by atoms with E-state index >= 15 is 0 Å². The van der Waals surface area contributed by atoms with Crippen molar-refractivity contribution in [1.82, 2.24) is 50.5 Å². The molecule has 24 nitrogen and oxygen atoms in total. The Labute approximate surface area is 589 Å². The fraction of sp³-hybridized carbons (Fsp3) is 0.473. The molecule has 26 heteroatoms. The second-order valence-corrected chi connectivity index (χ2v) is 31.0. The van der Waals surface area contributed by atoms with Gasteiger partial charge in [-0.25, -0.2) is 19.6 Å². The molecule has 3 aromatic carbocycles. The number of carbonyl (C=O) groups excluding carboxylic acids is 8. The van der Waals surface area contributed by atoms with Crippen LogP contribution in [0.2, 0.25) is 0 Å². The lowest BCUT2D eigenvalue weighted by molar-refractivity contribution is -0.248. The van der Waals surface area contributed by atoms with Crippen LogP contribution >= 0.6 is 23.1 Å². The number of anilines is 2. The topological polar surface area (TPSA) is 332 Å². The number of benzene rings is 3. The normalized spacial score (nSPS) is 21.3. The number of aromatic nitrogens is 5. The molecule has 100 heavy (non-hydrogen) atoms. The van der Waals surface area contributed by atoms with Gasteiger partial charge in [-0.15, -0.1) is 0 Å². The number of rotatable bonds is 31. The van der Waals surface area contributed by atoms with Crippen LogP contribution in [0, 0.1) is 29.1 Å². The second kappa shape index (κ2) is 30.4. The number of pyridine rings is 2. The molecule has 4 saturated carbocycles. The van der Waals surface area contributed by atoms with Crippen molar-refractivity contribution < 1.29 is 53.0 Å². The number of nitrogens with one attached hydrogen (secondary N) is 5. The average Bonchev–Trinajstić information content (AvgIpc) is 0.754. The van der Waals surface area contributed by atoms with Crippen molar-refractivity contribution in [2.75, 3.05) is 50.2 Å². The van der Waals surface area contributed by atoms with E-state index in [2.05, 4.69) is 50.4 Å². The quantitative estimate of drug-likeness (QED) is 0.0157. The Balaban J connectivity index is 0.668. The van der Waals surface area contributed by atoms with Gasteiger partial charge in [0.25, 0.3) is 5.91 Å². The summed E-state index contributed by atoms with van der Waals surface area (Å²) in [5, 5.41) is 31.1. The number of imide groups is 1. The van der Waals surface area contributed by atoms with E-state index < -0.39 is 41.5 Å². The maximum Gasteiger partial charge on any atom is 0.355 e. The molecule has 4 aromatic heterocycles. The van der Waals surface area contributed by atoms with Crippen molar-refractivity contribution in [3.05, 3.63) is 120 Å². The summed E-state index contributed by atoms with van der Waals surface area (Å²) in [6.45, 7) is 12.2. The number of nitrogens with two attached hydrogens (primary N) is 1. The number of aromatic carboxylic acids is 1. The molecular weight excluding hydrogens is 1310 g/mol. The van der Waals surface area contributed by atoms with Crippen molar-refractivity contribution in [3.8, 4) is 22.4 Å². The molecule has 0 spiro atoms. The molecule has 3 unspecified atom stereocenters. The number of thiazole rings is 1. The van der Waals surface area contributed by atoms with Crippen LogP contribution in [0.15, 0.2) is 97.5 Å². The van der Waals surface area contributed by atoms with Crippen LogP contribution in [0.3, 0.4) is 0 Å². The summed E-state index contributed by atoms with van der Waals surface area (Å²) < 4.78 is 10.0. The monoisotopic (exact) mass is 1400 g/mol. The molecule has 9 amide bonds. The summed E-state index contributed by atoms with van der Waals surface area (Å²) in [7, 11) is 1.79. The van der Waals surface area contributed by atoms with Gasteiger partial charge in [0.05, 0.1) is 45.1 Å². The van der Waals surface area contributed by atoms with E-state index in [9.17, 15) is 48.3 Å². The molecule has 8 N–H and O–H groups in total. The zero-order valence-electron chi connectivity index (χ0n) is 57.7. The maximum absolute atomic E-state index is 13.9. The first-order valence-electron chi connectivity index (χ1n) is 34.3. The van der Waals surface area contributed by atoms with Crippen molar-refractivity contribution in [2.45, 2.75) is 160 Å². The molecule has 5 atom stereocenters. The Morgan fingerprint density at radius 2 is 1.59 bits per heavy atom. The first-order valence-corrected chi connectivity index (χ1v) is 36.4. The van der Waals surface area contributed by atoms with Gasteiger partial charge in [-0.2, -0.15) is 16.9 Å². The first-order chi connectivity index (χ1) is 47.7. The summed E-state index contributed by atoms with van der Waals surface area (Å²) in [5.74, 6) is -3.67. The lowest BCUT2D eigenvalue weighted by Crippen LogP contribution is -2.64. The molecule has 12 rings (SSSR count). The Hall–Kier alpha value is -9.14. The number of nitrogens with zero attached hydrogens (tertiary/aromatic N) is 7. The van der Waals surface area contributed by atoms with E-state index in [4.69, 9.17) is 20.6 Å². The van der Waals surface area contributed by atoms with Gasteiger partial charge < -0.3 is 41.7 Å². The highest BCUT2D eigenvalue weighted by molar-refractivity contribution is 8.00. The van der Waals surface area contributed by atoms with Gasteiger partial charge in [0.2, 0.25) is 35.4 Å². The minimum absolute atomic E-state index is 0.0228. The SMILES string of the molecule is CSC1CC(=O)N(CCCCCC(=O)N[C@H](C(=O)N[C@@H](CCCNC(N)=O)C(=O)Nc2ccc(CCC(=O)N(C)CCOC34CC5(C)CC(C)(CC(Cn6ncc(-c7ccc(-c8ccc9cncc(C(=O)Nc%10nc%11ccccc%11s%10)c9c8)nc7C(=O)O)c6C)(C5)C3)C4)cc2)C(C)C)C1=O. The third-order valence-electron chi connectivity index (χ3n) is 20.2. The molecule has 4 bridgehead atoms. The molecule has 4 aliphatic carbocycles. The van der Waals surface area contributed by atoms with E-state index in [-0.39, 0.29) is 94.9 Å². The van der Waals surface area contributed by atoms with Crippen LogP contribution in [-0.2, 0) is 46.5 Å². The minimum Gasteiger partial charge on any atom is -0.476 e. The second-order valence-electron chi connectivity index (χ2n) is 28.9. The van der Waals surface area contributed by atoms with Crippen molar-refractivity contribution in [3.63, 3.8) is 0 Å². The summed E-state index contributed by atoms with van der Waals surface area (Å²) >= 11 is 2.74. The largest absolute Gasteiger partial charge is 0.476 e. The molecule has 0 radical (unpaired) electrons. The predicted molar refractivity (Wildman–Crippen MR) is 384 cm³/mol.